The van der Waals surface area contributed by atoms with E-state index in [9.17, 15) is 4.79 Å². The number of nitrogens with zero attached hydrogens (tertiary/aromatic N) is 1. The zero-order valence-electron chi connectivity index (χ0n) is 5.89. The van der Waals surface area contributed by atoms with E-state index in [0.717, 1.165) is 0 Å². The lowest BCUT2D eigenvalue weighted by molar-refractivity contribution is 0.0748. The van der Waals surface area contributed by atoms with Crippen LogP contribution in [0.25, 0.3) is 0 Å². The van der Waals surface area contributed by atoms with Crippen molar-refractivity contribution < 1.29 is 9.53 Å². The first-order valence-electron chi connectivity index (χ1n) is 3.05. The summed E-state index contributed by atoms with van der Waals surface area (Å²) >= 11 is 0. The summed E-state index contributed by atoms with van der Waals surface area (Å²) in [6.07, 6.45) is 1.74. The fraction of sp³-hybridized carbons (Fsp3) is 0.833. The molecule has 0 bridgehead atoms. The summed E-state index contributed by atoms with van der Waals surface area (Å²) in [6.45, 7) is 5.42. The summed E-state index contributed by atoms with van der Waals surface area (Å²) in [7, 11) is 0. The van der Waals surface area contributed by atoms with Gasteiger partial charge in [0.25, 0.3) is 0 Å². The van der Waals surface area contributed by atoms with Crippen molar-refractivity contribution in [1.29, 1.82) is 0 Å². The molecule has 0 aliphatic rings. The Labute approximate surface area is 55.6 Å². The molecule has 0 aromatic rings. The van der Waals surface area contributed by atoms with Gasteiger partial charge in [-0.2, -0.15) is 0 Å². The number of hydrogen-bond donors (Lipinski definition) is 0. The lowest BCUT2D eigenvalue weighted by atomic mass is 10.7. The molecule has 0 fully saturated rings. The average molecular weight is 130 g/mol. The lowest BCUT2D eigenvalue weighted by Gasteiger charge is -2.11. The van der Waals surface area contributed by atoms with Crippen molar-refractivity contribution in [3.63, 3.8) is 0 Å². The molecule has 0 rings (SSSR count). The second-order valence-corrected chi connectivity index (χ2v) is 1.57. The zero-order chi connectivity index (χ0) is 7.11. The lowest BCUT2D eigenvalue weighted by Crippen LogP contribution is -2.24. The molecule has 0 saturated carbocycles. The quantitative estimate of drug-likeness (QED) is 0.397. The summed E-state index contributed by atoms with van der Waals surface area (Å²) < 4.78 is 4.94. The summed E-state index contributed by atoms with van der Waals surface area (Å²) in [5.74, 6) is 0. The number of amides is 1. The molecule has 1 amide bonds. The molecule has 0 N–H and O–H groups in total. The molecule has 1 radical (unpaired) electrons. The van der Waals surface area contributed by atoms with Crippen LogP contribution in [0.2, 0.25) is 0 Å². The molecule has 9 heavy (non-hydrogen) atoms. The minimum Gasteiger partial charge on any atom is -0.361 e. The van der Waals surface area contributed by atoms with E-state index in [2.05, 4.69) is 0 Å². The summed E-state index contributed by atoms with van der Waals surface area (Å²) in [5.41, 5.74) is 0. The van der Waals surface area contributed by atoms with E-state index in [1.165, 1.54) is 4.90 Å². The fourth-order valence-electron chi connectivity index (χ4n) is 0.384. The van der Waals surface area contributed by atoms with Gasteiger partial charge >= 0.3 is 6.41 Å². The Morgan fingerprint density at radius 1 is 1.56 bits per heavy atom. The molecular formula is C6H12NO2. The molecule has 0 aliphatic heterocycles. The van der Waals surface area contributed by atoms with Gasteiger partial charge in [0.05, 0.1) is 0 Å². The third-order valence-electron chi connectivity index (χ3n) is 0.962. The Balaban J connectivity index is 3.20. The third-order valence-corrected chi connectivity index (χ3v) is 0.962. The fourth-order valence-corrected chi connectivity index (χ4v) is 0.384. The highest BCUT2D eigenvalue weighted by Crippen LogP contribution is 1.81. The summed E-state index contributed by atoms with van der Waals surface area (Å²) in [5, 5.41) is 0. The maximum atomic E-state index is 9.96. The Bertz CT molecular complexity index is 75.5. The predicted octanol–water partition coefficient (Wildman–Crippen LogP) is 0.369. The molecule has 3 nitrogen and oxygen atoms in total. The van der Waals surface area contributed by atoms with Crippen LogP contribution in [0.1, 0.15) is 13.8 Å². The third kappa shape index (κ3) is 3.97. The number of rotatable bonds is 5. The van der Waals surface area contributed by atoms with Crippen LogP contribution in [0, 0.1) is 0 Å². The van der Waals surface area contributed by atoms with Crippen molar-refractivity contribution in [1.82, 2.24) is 4.90 Å². The molecule has 0 aromatic carbocycles. The highest BCUT2D eigenvalue weighted by molar-refractivity contribution is 5.47. The van der Waals surface area contributed by atoms with E-state index in [1.54, 1.807) is 6.41 Å². The van der Waals surface area contributed by atoms with Crippen LogP contribution < -0.4 is 0 Å². The van der Waals surface area contributed by atoms with Gasteiger partial charge in [-0.3, -0.25) is 4.79 Å². The number of carbonyl (C=O) groups excluding carboxylic acids is 1. The van der Waals surface area contributed by atoms with Gasteiger partial charge in [0.2, 0.25) is 0 Å². The summed E-state index contributed by atoms with van der Waals surface area (Å²) in [6, 6.07) is 0. The second-order valence-electron chi connectivity index (χ2n) is 1.57. The molecule has 0 atom stereocenters. The first-order valence-corrected chi connectivity index (χ1v) is 3.05. The average Bonchev–Trinajstić information content (AvgIpc) is 1.91. The molecule has 0 spiro atoms. The van der Waals surface area contributed by atoms with E-state index in [4.69, 9.17) is 4.74 Å². The minimum absolute atomic E-state index is 0.358. The van der Waals surface area contributed by atoms with Crippen LogP contribution in [0.5, 0.6) is 0 Å². The van der Waals surface area contributed by atoms with Crippen molar-refractivity contribution in [3.8, 4) is 0 Å². The molecule has 3 heteroatoms. The minimum atomic E-state index is 0.358. The van der Waals surface area contributed by atoms with Gasteiger partial charge in [-0.1, -0.05) is 0 Å². The van der Waals surface area contributed by atoms with Gasteiger partial charge in [-0.15, -0.1) is 0 Å². The molecule has 53 valence electrons. The molecule has 0 aliphatic carbocycles. The van der Waals surface area contributed by atoms with Crippen LogP contribution in [0.4, 0.5) is 0 Å². The Hall–Kier alpha value is -0.570. The Kier molecular flexibility index (Phi) is 5.21. The van der Waals surface area contributed by atoms with Crippen LogP contribution in [-0.2, 0) is 9.53 Å². The first kappa shape index (κ1) is 8.43. The van der Waals surface area contributed by atoms with Gasteiger partial charge < -0.3 is 9.64 Å². The Morgan fingerprint density at radius 2 is 2.22 bits per heavy atom. The van der Waals surface area contributed by atoms with E-state index in [-0.39, 0.29) is 0 Å². The van der Waals surface area contributed by atoms with Crippen molar-refractivity contribution in [2.45, 2.75) is 13.8 Å². The van der Waals surface area contributed by atoms with E-state index >= 15 is 0 Å². The van der Waals surface area contributed by atoms with E-state index in [1.807, 2.05) is 13.8 Å². The maximum absolute atomic E-state index is 9.96. The zero-order valence-corrected chi connectivity index (χ0v) is 5.89. The van der Waals surface area contributed by atoms with E-state index < -0.39 is 0 Å². The maximum Gasteiger partial charge on any atom is 0.313 e. The highest BCUT2D eigenvalue weighted by Gasteiger charge is 1.95. The van der Waals surface area contributed by atoms with Crippen LogP contribution in [0.3, 0.4) is 0 Å². The topological polar surface area (TPSA) is 29.5 Å². The Morgan fingerprint density at radius 3 is 2.56 bits per heavy atom. The smallest absolute Gasteiger partial charge is 0.313 e. The van der Waals surface area contributed by atoms with Crippen molar-refractivity contribution >= 4 is 6.41 Å². The molecule has 0 heterocycles. The van der Waals surface area contributed by atoms with Gasteiger partial charge in [0.1, 0.15) is 6.73 Å². The molecular weight excluding hydrogens is 118 g/mol. The molecule has 0 saturated heterocycles. The second kappa shape index (κ2) is 5.56. The molecule has 0 unspecified atom stereocenters. The van der Waals surface area contributed by atoms with Crippen LogP contribution in [-0.4, -0.2) is 31.2 Å². The largest absolute Gasteiger partial charge is 0.361 e. The number of ether oxygens (including phenoxy) is 1. The monoisotopic (exact) mass is 130 g/mol. The highest BCUT2D eigenvalue weighted by atomic mass is 16.5. The SMILES string of the molecule is CCOCN([C]=O)CC. The van der Waals surface area contributed by atoms with Crippen LogP contribution >= 0.6 is 0 Å². The summed E-state index contributed by atoms with van der Waals surface area (Å²) in [4.78, 5) is 11.4. The van der Waals surface area contributed by atoms with Crippen molar-refractivity contribution in [2.75, 3.05) is 19.9 Å². The molecule has 0 aromatic heterocycles. The van der Waals surface area contributed by atoms with Gasteiger partial charge in [-0.25, -0.2) is 0 Å². The van der Waals surface area contributed by atoms with E-state index in [0.29, 0.717) is 19.9 Å². The predicted molar refractivity (Wildman–Crippen MR) is 34.6 cm³/mol. The van der Waals surface area contributed by atoms with Crippen molar-refractivity contribution in [2.24, 2.45) is 0 Å². The number of hydrogen-bond acceptors (Lipinski definition) is 2. The van der Waals surface area contributed by atoms with Crippen LogP contribution in [0.15, 0.2) is 0 Å². The van der Waals surface area contributed by atoms with Crippen molar-refractivity contribution in [3.05, 3.63) is 0 Å². The normalized spacial score (nSPS) is 9.11. The first-order chi connectivity index (χ1) is 4.35. The standard InChI is InChI=1S/C6H12NO2/c1-3-7(5-8)6-9-4-2/h3-4,6H2,1-2H3. The van der Waals surface area contributed by atoms with Gasteiger partial charge in [0, 0.05) is 13.2 Å². The van der Waals surface area contributed by atoms with Gasteiger partial charge in [0.15, 0.2) is 0 Å². The van der Waals surface area contributed by atoms with Gasteiger partial charge in [-0.05, 0) is 13.8 Å².